The second-order valence-corrected chi connectivity index (χ2v) is 7.87. The van der Waals surface area contributed by atoms with Crippen molar-refractivity contribution in [3.63, 3.8) is 0 Å². The number of imide groups is 1. The maximum atomic E-state index is 13.1. The molecule has 26 heavy (non-hydrogen) atoms. The van der Waals surface area contributed by atoms with Gasteiger partial charge in [-0.2, -0.15) is 0 Å². The van der Waals surface area contributed by atoms with E-state index >= 15 is 0 Å². The number of hydrogen-bond acceptors (Lipinski definition) is 4. The third-order valence-electron chi connectivity index (χ3n) is 4.04. The van der Waals surface area contributed by atoms with E-state index in [4.69, 9.17) is 4.74 Å². The van der Waals surface area contributed by atoms with Crippen LogP contribution >= 0.6 is 11.8 Å². The summed E-state index contributed by atoms with van der Waals surface area (Å²) in [4.78, 5) is 27.9. The number of rotatable bonds is 6. The summed E-state index contributed by atoms with van der Waals surface area (Å²) in [6.07, 6.45) is 0. The molecular weight excluding hydrogens is 346 g/mol. The minimum Gasteiger partial charge on any atom is -0.497 e. The van der Waals surface area contributed by atoms with E-state index in [1.807, 2.05) is 56.3 Å². The fraction of sp³-hybridized carbons (Fsp3) is 0.238. The van der Waals surface area contributed by atoms with E-state index in [1.54, 1.807) is 19.2 Å². The summed E-state index contributed by atoms with van der Waals surface area (Å²) in [7, 11) is 1.60. The first-order chi connectivity index (χ1) is 12.5. The number of benzene rings is 2. The quantitative estimate of drug-likeness (QED) is 0.721. The zero-order valence-corrected chi connectivity index (χ0v) is 15.9. The number of methoxy groups -OCH3 is 1. The predicted octanol–water partition coefficient (Wildman–Crippen LogP) is 4.12. The van der Waals surface area contributed by atoms with Crippen LogP contribution in [-0.2, 0) is 16.1 Å². The van der Waals surface area contributed by atoms with Crippen LogP contribution in [0, 0.1) is 0 Å². The van der Waals surface area contributed by atoms with E-state index in [0.29, 0.717) is 16.2 Å². The molecule has 0 atom stereocenters. The summed E-state index contributed by atoms with van der Waals surface area (Å²) < 4.78 is 5.19. The number of ether oxygens (including phenoxy) is 1. The molecule has 0 unspecified atom stereocenters. The van der Waals surface area contributed by atoms with Gasteiger partial charge in [0.1, 0.15) is 5.75 Å². The maximum absolute atomic E-state index is 13.1. The van der Waals surface area contributed by atoms with Gasteiger partial charge in [0.05, 0.1) is 24.1 Å². The fourth-order valence-corrected chi connectivity index (χ4v) is 3.83. The summed E-state index contributed by atoms with van der Waals surface area (Å²) in [5.74, 6) is 0.251. The zero-order valence-electron chi connectivity index (χ0n) is 15.1. The fourth-order valence-electron chi connectivity index (χ4n) is 2.82. The molecule has 2 amide bonds. The lowest BCUT2D eigenvalue weighted by atomic mass is 10.1. The van der Waals surface area contributed by atoms with Crippen LogP contribution < -0.4 is 4.74 Å². The van der Waals surface area contributed by atoms with E-state index in [-0.39, 0.29) is 23.6 Å². The van der Waals surface area contributed by atoms with Gasteiger partial charge in [0.25, 0.3) is 11.8 Å². The van der Waals surface area contributed by atoms with Crippen molar-refractivity contribution in [2.24, 2.45) is 0 Å². The van der Waals surface area contributed by atoms with Crippen LogP contribution in [0.5, 0.6) is 5.75 Å². The second kappa shape index (κ2) is 7.79. The molecule has 0 bridgehead atoms. The lowest BCUT2D eigenvalue weighted by Gasteiger charge is -2.15. The Bertz CT molecular complexity index is 841. The Morgan fingerprint density at radius 1 is 0.962 bits per heavy atom. The van der Waals surface area contributed by atoms with Gasteiger partial charge in [-0.15, -0.1) is 11.8 Å². The van der Waals surface area contributed by atoms with Crippen LogP contribution in [0.1, 0.15) is 25.0 Å². The first kappa shape index (κ1) is 18.3. The Balaban J connectivity index is 1.97. The Hall–Kier alpha value is -2.53. The van der Waals surface area contributed by atoms with Crippen LogP contribution in [0.15, 0.2) is 59.5 Å². The SMILES string of the molecule is COc1ccc(C2=C(SC(C)C)C(=O)N(Cc3ccccc3)C2=O)cc1. The van der Waals surface area contributed by atoms with Gasteiger partial charge in [-0.05, 0) is 23.3 Å². The summed E-state index contributed by atoms with van der Waals surface area (Å²) in [5.41, 5.74) is 2.15. The Labute approximate surface area is 157 Å². The topological polar surface area (TPSA) is 46.6 Å². The van der Waals surface area contributed by atoms with Crippen molar-refractivity contribution in [1.29, 1.82) is 0 Å². The van der Waals surface area contributed by atoms with Crippen LogP contribution in [-0.4, -0.2) is 29.1 Å². The average molecular weight is 367 g/mol. The van der Waals surface area contributed by atoms with Gasteiger partial charge in [-0.1, -0.05) is 56.3 Å². The lowest BCUT2D eigenvalue weighted by molar-refractivity contribution is -0.137. The van der Waals surface area contributed by atoms with Gasteiger partial charge in [-0.3, -0.25) is 14.5 Å². The molecule has 1 aliphatic rings. The summed E-state index contributed by atoms with van der Waals surface area (Å²) >= 11 is 1.44. The Morgan fingerprint density at radius 3 is 2.19 bits per heavy atom. The van der Waals surface area contributed by atoms with E-state index in [2.05, 4.69) is 0 Å². The minimum absolute atomic E-state index is 0.201. The first-order valence-corrected chi connectivity index (χ1v) is 9.34. The Kier molecular flexibility index (Phi) is 5.47. The van der Waals surface area contributed by atoms with E-state index in [0.717, 1.165) is 11.1 Å². The summed E-state index contributed by atoms with van der Waals surface area (Å²) in [6.45, 7) is 4.31. The smallest absolute Gasteiger partial charge is 0.268 e. The maximum Gasteiger partial charge on any atom is 0.268 e. The highest BCUT2D eigenvalue weighted by Gasteiger charge is 2.39. The van der Waals surface area contributed by atoms with Crippen LogP contribution in [0.3, 0.4) is 0 Å². The van der Waals surface area contributed by atoms with Gasteiger partial charge in [0.2, 0.25) is 0 Å². The van der Waals surface area contributed by atoms with Crippen LogP contribution in [0.25, 0.3) is 5.57 Å². The van der Waals surface area contributed by atoms with Crippen LogP contribution in [0.2, 0.25) is 0 Å². The average Bonchev–Trinajstić information content (AvgIpc) is 2.87. The molecule has 0 saturated carbocycles. The number of nitrogens with zero attached hydrogens (tertiary/aromatic N) is 1. The molecule has 0 aliphatic carbocycles. The Morgan fingerprint density at radius 2 is 1.62 bits per heavy atom. The number of amides is 2. The standard InChI is InChI=1S/C21H21NO3S/c1-14(2)26-19-18(16-9-11-17(25-3)12-10-16)20(23)22(21(19)24)13-15-7-5-4-6-8-15/h4-12,14H,13H2,1-3H3. The molecule has 0 fully saturated rings. The number of hydrogen-bond donors (Lipinski definition) is 0. The molecule has 0 radical (unpaired) electrons. The van der Waals surface area contributed by atoms with Gasteiger partial charge in [-0.25, -0.2) is 0 Å². The van der Waals surface area contributed by atoms with Crippen molar-refractivity contribution < 1.29 is 14.3 Å². The van der Waals surface area contributed by atoms with E-state index in [9.17, 15) is 9.59 Å². The molecule has 134 valence electrons. The molecule has 0 aromatic heterocycles. The minimum atomic E-state index is -0.243. The normalized spacial score (nSPS) is 14.5. The van der Waals surface area contributed by atoms with Gasteiger partial charge in [0.15, 0.2) is 0 Å². The third kappa shape index (κ3) is 3.68. The lowest BCUT2D eigenvalue weighted by Crippen LogP contribution is -2.31. The highest BCUT2D eigenvalue weighted by Crippen LogP contribution is 2.38. The number of carbonyl (C=O) groups is 2. The summed E-state index contributed by atoms with van der Waals surface area (Å²) in [5, 5.41) is 0.201. The molecule has 0 N–H and O–H groups in total. The molecule has 5 heteroatoms. The monoisotopic (exact) mass is 367 g/mol. The van der Waals surface area contributed by atoms with Crippen molar-refractivity contribution in [3.8, 4) is 5.75 Å². The van der Waals surface area contributed by atoms with Crippen molar-refractivity contribution in [2.45, 2.75) is 25.6 Å². The van der Waals surface area contributed by atoms with Gasteiger partial charge in [0, 0.05) is 5.25 Å². The molecule has 2 aromatic carbocycles. The number of carbonyl (C=O) groups excluding carboxylic acids is 2. The molecule has 1 heterocycles. The van der Waals surface area contributed by atoms with Gasteiger partial charge >= 0.3 is 0 Å². The first-order valence-electron chi connectivity index (χ1n) is 8.46. The number of thioether (sulfide) groups is 1. The molecule has 0 saturated heterocycles. The van der Waals surface area contributed by atoms with E-state index < -0.39 is 0 Å². The van der Waals surface area contributed by atoms with Crippen molar-refractivity contribution in [3.05, 3.63) is 70.6 Å². The molecular formula is C21H21NO3S. The van der Waals surface area contributed by atoms with E-state index in [1.165, 1.54) is 16.7 Å². The highest BCUT2D eigenvalue weighted by atomic mass is 32.2. The molecule has 2 aromatic rings. The zero-order chi connectivity index (χ0) is 18.7. The van der Waals surface area contributed by atoms with Crippen LogP contribution in [0.4, 0.5) is 0 Å². The highest BCUT2D eigenvalue weighted by molar-refractivity contribution is 8.04. The van der Waals surface area contributed by atoms with Crippen molar-refractivity contribution in [1.82, 2.24) is 4.90 Å². The summed E-state index contributed by atoms with van der Waals surface area (Å²) in [6, 6.07) is 16.8. The van der Waals surface area contributed by atoms with Crippen molar-refractivity contribution in [2.75, 3.05) is 7.11 Å². The van der Waals surface area contributed by atoms with Gasteiger partial charge < -0.3 is 4.74 Å². The molecule has 0 spiro atoms. The predicted molar refractivity (Wildman–Crippen MR) is 105 cm³/mol. The molecule has 4 nitrogen and oxygen atoms in total. The molecule has 3 rings (SSSR count). The largest absolute Gasteiger partial charge is 0.497 e. The third-order valence-corrected chi connectivity index (χ3v) is 5.13. The molecule has 1 aliphatic heterocycles. The van der Waals surface area contributed by atoms with Crippen molar-refractivity contribution >= 4 is 29.1 Å². The second-order valence-electron chi connectivity index (χ2n) is 6.28.